The molecule has 0 heterocycles. The van der Waals surface area contributed by atoms with Crippen LogP contribution in [0.4, 0.5) is 0 Å². The summed E-state index contributed by atoms with van der Waals surface area (Å²) in [5.41, 5.74) is 5.18. The lowest BCUT2D eigenvalue weighted by Crippen LogP contribution is -2.29. The van der Waals surface area contributed by atoms with Gasteiger partial charge in [-0.3, -0.25) is 4.79 Å². The predicted octanol–water partition coefficient (Wildman–Crippen LogP) is -0.820. The van der Waals surface area contributed by atoms with Crippen LogP contribution in [0.1, 0.15) is 19.3 Å². The van der Waals surface area contributed by atoms with E-state index < -0.39 is 22.7 Å². The minimum atomic E-state index is -2.33. The number of nitrogens with two attached hydrogens (primary N) is 1. The van der Waals surface area contributed by atoms with Crippen molar-refractivity contribution in [2.24, 2.45) is 5.73 Å². The van der Waals surface area contributed by atoms with Gasteiger partial charge in [-0.15, -0.1) is 0 Å². The Bertz CT molecular complexity index is 206. The first-order chi connectivity index (χ1) is 5.54. The van der Waals surface area contributed by atoms with Crippen molar-refractivity contribution in [3.8, 4) is 0 Å². The van der Waals surface area contributed by atoms with Crippen molar-refractivity contribution in [1.29, 1.82) is 0 Å². The van der Waals surface area contributed by atoms with E-state index in [1.54, 1.807) is 0 Å². The molecule has 72 valence electrons. The van der Waals surface area contributed by atoms with Crippen molar-refractivity contribution in [1.82, 2.24) is 0 Å². The molecule has 0 saturated carbocycles. The van der Waals surface area contributed by atoms with Gasteiger partial charge in [0.2, 0.25) is 0 Å². The second-order valence-corrected chi connectivity index (χ2v) is 3.61. The molecule has 12 heavy (non-hydrogen) atoms. The van der Waals surface area contributed by atoms with Crippen molar-refractivity contribution in [3.05, 3.63) is 0 Å². The average Bonchev–Trinajstić information content (AvgIpc) is 1.97. The molecule has 0 spiro atoms. The van der Waals surface area contributed by atoms with Crippen LogP contribution in [0.5, 0.6) is 0 Å². The van der Waals surface area contributed by atoms with Gasteiger partial charge in [-0.1, -0.05) is 6.42 Å². The lowest BCUT2D eigenvalue weighted by atomic mass is 10.1. The monoisotopic (exact) mass is 195 g/mol. The van der Waals surface area contributed by atoms with Crippen LogP contribution in [-0.2, 0) is 15.5 Å². The average molecular weight is 195 g/mol. The molecule has 3 N–H and O–H groups in total. The smallest absolute Gasteiger partial charge is 0.320 e. The summed E-state index contributed by atoms with van der Waals surface area (Å²) in [6, 6.07) is -0.866. The van der Waals surface area contributed by atoms with Crippen LogP contribution >= 0.6 is 0 Å². The first-order valence-electron chi connectivity index (χ1n) is 3.64. The Balaban J connectivity index is 3.37. The molecule has 0 aliphatic carbocycles. The summed E-state index contributed by atoms with van der Waals surface area (Å²) in [6.07, 6.45) is 1.36. The van der Waals surface area contributed by atoms with E-state index in [4.69, 9.17) is 10.8 Å². The molecule has 0 aromatic carbocycles. The Labute approximate surface area is 72.5 Å². The summed E-state index contributed by atoms with van der Waals surface area (Å²) in [5.74, 6) is -0.927. The molecule has 0 aromatic heterocycles. The van der Waals surface area contributed by atoms with Crippen molar-refractivity contribution < 1.29 is 18.3 Å². The highest BCUT2D eigenvalue weighted by molar-refractivity contribution is 7.72. The van der Waals surface area contributed by atoms with Crippen LogP contribution in [0.3, 0.4) is 0 Å². The Morgan fingerprint density at radius 2 is 2.00 bits per heavy atom. The van der Waals surface area contributed by atoms with Gasteiger partial charge in [-0.05, 0) is 12.8 Å². The summed E-state index contributed by atoms with van der Waals surface area (Å²) >= 11 is 0. The topological polar surface area (TPSA) is 97.5 Å². The number of carbonyl (C=O) groups is 1. The van der Waals surface area contributed by atoms with E-state index in [2.05, 4.69) is 0 Å². The second-order valence-electron chi connectivity index (χ2n) is 2.50. The quantitative estimate of drug-likeness (QED) is 0.380. The maximum absolute atomic E-state index is 10.2. The van der Waals surface area contributed by atoms with Gasteiger partial charge in [0, 0.05) is 5.75 Å². The molecule has 0 bridgehead atoms. The van der Waals surface area contributed by atoms with E-state index in [1.165, 1.54) is 0 Å². The molecular weight excluding hydrogens is 182 g/mol. The van der Waals surface area contributed by atoms with Crippen molar-refractivity contribution in [2.45, 2.75) is 25.3 Å². The van der Waals surface area contributed by atoms with Crippen LogP contribution in [0.2, 0.25) is 0 Å². The van der Waals surface area contributed by atoms with E-state index >= 15 is 0 Å². The Hall–Kier alpha value is -0.620. The lowest BCUT2D eigenvalue weighted by Gasteiger charge is -2.03. The first-order valence-corrected chi connectivity index (χ1v) is 5.00. The first kappa shape index (κ1) is 11.4. The van der Waals surface area contributed by atoms with E-state index in [1.807, 2.05) is 0 Å². The molecule has 0 aliphatic rings. The zero-order chi connectivity index (χ0) is 9.56. The molecule has 0 aromatic rings. The van der Waals surface area contributed by atoms with Crippen LogP contribution in [-0.4, -0.2) is 31.3 Å². The Kier molecular flexibility index (Phi) is 5.65. The number of carboxylic acid groups (broad SMARTS) is 1. The molecule has 0 aliphatic heterocycles. The molecule has 0 amide bonds. The van der Waals surface area contributed by atoms with E-state index in [0.29, 0.717) is 19.3 Å². The minimum Gasteiger partial charge on any atom is -0.480 e. The fraction of sp³-hybridized carbons (Fsp3) is 0.833. The van der Waals surface area contributed by atoms with Gasteiger partial charge < -0.3 is 10.8 Å². The molecule has 0 unspecified atom stereocenters. The number of thiol groups is 1. The number of unbranched alkanes of at least 4 members (excludes halogenated alkanes) is 1. The maximum atomic E-state index is 10.2. The van der Waals surface area contributed by atoms with Crippen LogP contribution in [0.15, 0.2) is 0 Å². The molecule has 0 radical (unpaired) electrons. The summed E-state index contributed by atoms with van der Waals surface area (Å²) in [5, 5.41) is 8.35. The molecule has 6 heteroatoms. The van der Waals surface area contributed by atoms with Gasteiger partial charge in [-0.25, -0.2) is 8.42 Å². The molecule has 0 rings (SSSR count). The standard InChI is InChI=1S/C6H13NO4S/c7-5(6(8)9)3-1-2-4-12(10)11/h5,12H,1-4,7H2,(H,8,9)/t5-/m0/s1. The van der Waals surface area contributed by atoms with Crippen LogP contribution in [0.25, 0.3) is 0 Å². The maximum Gasteiger partial charge on any atom is 0.320 e. The number of rotatable bonds is 6. The normalized spacial score (nSPS) is 13.2. The summed E-state index contributed by atoms with van der Waals surface area (Å²) in [4.78, 5) is 10.2. The molecular formula is C6H13NO4S. The lowest BCUT2D eigenvalue weighted by molar-refractivity contribution is -0.138. The predicted molar refractivity (Wildman–Crippen MR) is 44.6 cm³/mol. The summed E-state index contributed by atoms with van der Waals surface area (Å²) in [7, 11) is -2.33. The van der Waals surface area contributed by atoms with Crippen LogP contribution in [0, 0.1) is 0 Å². The van der Waals surface area contributed by atoms with Gasteiger partial charge in [-0.2, -0.15) is 0 Å². The van der Waals surface area contributed by atoms with Gasteiger partial charge in [0.1, 0.15) is 16.7 Å². The largest absolute Gasteiger partial charge is 0.480 e. The minimum absolute atomic E-state index is 0.113. The van der Waals surface area contributed by atoms with Crippen molar-refractivity contribution >= 4 is 16.7 Å². The van der Waals surface area contributed by atoms with Crippen molar-refractivity contribution in [2.75, 3.05) is 5.75 Å². The SMILES string of the molecule is N[C@@H](CCCC[SH](=O)=O)C(=O)O. The third-order valence-electron chi connectivity index (χ3n) is 1.42. The molecule has 0 fully saturated rings. The third kappa shape index (κ3) is 6.11. The zero-order valence-corrected chi connectivity index (χ0v) is 7.50. The number of hydrogen-bond donors (Lipinski definition) is 3. The van der Waals surface area contributed by atoms with Gasteiger partial charge in [0.15, 0.2) is 0 Å². The Morgan fingerprint density at radius 3 is 2.42 bits per heavy atom. The number of carboxylic acids is 1. The van der Waals surface area contributed by atoms with E-state index in [9.17, 15) is 13.2 Å². The molecule has 1 atom stereocenters. The molecule has 5 nitrogen and oxygen atoms in total. The fourth-order valence-electron chi connectivity index (χ4n) is 0.729. The van der Waals surface area contributed by atoms with E-state index in [0.717, 1.165) is 0 Å². The van der Waals surface area contributed by atoms with Gasteiger partial charge in [0.05, 0.1) is 0 Å². The zero-order valence-electron chi connectivity index (χ0n) is 6.60. The number of aliphatic carboxylic acids is 1. The Morgan fingerprint density at radius 1 is 1.42 bits per heavy atom. The highest BCUT2D eigenvalue weighted by Gasteiger charge is 2.09. The van der Waals surface area contributed by atoms with E-state index in [-0.39, 0.29) is 5.75 Å². The second kappa shape index (κ2) is 5.96. The highest BCUT2D eigenvalue weighted by atomic mass is 32.2. The van der Waals surface area contributed by atoms with Crippen molar-refractivity contribution in [3.63, 3.8) is 0 Å². The molecule has 0 saturated heterocycles. The summed E-state index contributed by atoms with van der Waals surface area (Å²) in [6.45, 7) is 0. The number of hydrogen-bond acceptors (Lipinski definition) is 4. The highest BCUT2D eigenvalue weighted by Crippen LogP contribution is 1.98. The van der Waals surface area contributed by atoms with Gasteiger partial charge in [0.25, 0.3) is 0 Å². The van der Waals surface area contributed by atoms with Crippen LogP contribution < -0.4 is 5.73 Å². The third-order valence-corrected chi connectivity index (χ3v) is 2.10. The summed E-state index contributed by atoms with van der Waals surface area (Å²) < 4.78 is 20.1. The fourth-order valence-corrected chi connectivity index (χ4v) is 1.21. The van der Waals surface area contributed by atoms with Gasteiger partial charge >= 0.3 is 5.97 Å².